The lowest BCUT2D eigenvalue weighted by Gasteiger charge is -2.36. The summed E-state index contributed by atoms with van der Waals surface area (Å²) in [5.74, 6) is -0.287. The van der Waals surface area contributed by atoms with E-state index in [1.165, 1.54) is 6.07 Å². The quantitative estimate of drug-likeness (QED) is 0.395. The van der Waals surface area contributed by atoms with Crippen molar-refractivity contribution >= 4 is 29.9 Å². The molecule has 1 heterocycles. The summed E-state index contributed by atoms with van der Waals surface area (Å²) in [6, 6.07) is 3.83. The van der Waals surface area contributed by atoms with Gasteiger partial charge in [-0.05, 0) is 32.2 Å². The molecule has 1 aromatic rings. The molecule has 1 aliphatic heterocycles. The fourth-order valence-electron chi connectivity index (χ4n) is 2.71. The van der Waals surface area contributed by atoms with Crippen molar-refractivity contribution in [2.24, 2.45) is 4.99 Å². The zero-order valence-electron chi connectivity index (χ0n) is 15.1. The predicted octanol–water partition coefficient (Wildman–Crippen LogP) is 1.88. The molecule has 0 saturated carbocycles. The Morgan fingerprint density at radius 2 is 1.88 bits per heavy atom. The van der Waals surface area contributed by atoms with Crippen LogP contribution in [0.2, 0.25) is 0 Å². The number of rotatable bonds is 5. The predicted molar refractivity (Wildman–Crippen MR) is 109 cm³/mol. The fourth-order valence-corrected chi connectivity index (χ4v) is 2.71. The smallest absolute Gasteiger partial charge is 0.191 e. The van der Waals surface area contributed by atoms with Crippen LogP contribution in [0.3, 0.4) is 0 Å². The number of halogens is 3. The highest BCUT2D eigenvalue weighted by molar-refractivity contribution is 14.0. The summed E-state index contributed by atoms with van der Waals surface area (Å²) in [5.41, 5.74) is 0.282. The van der Waals surface area contributed by atoms with E-state index in [2.05, 4.69) is 39.4 Å². The van der Waals surface area contributed by atoms with Crippen LogP contribution in [-0.4, -0.2) is 68.6 Å². The average Bonchev–Trinajstić information content (AvgIpc) is 2.58. The Hall–Kier alpha value is -1.00. The number of aliphatic imine (C=N–C) groups is 1. The summed E-state index contributed by atoms with van der Waals surface area (Å²) in [4.78, 5) is 8.90. The van der Waals surface area contributed by atoms with Crippen LogP contribution in [-0.2, 0) is 6.54 Å². The lowest BCUT2D eigenvalue weighted by Crippen LogP contribution is -2.52. The number of piperazine rings is 1. The molecule has 0 bridgehead atoms. The molecule has 2 rings (SSSR count). The first kappa shape index (κ1) is 22.0. The van der Waals surface area contributed by atoms with Gasteiger partial charge in [-0.3, -0.25) is 9.89 Å². The first-order chi connectivity index (χ1) is 11.5. The molecule has 0 aromatic heterocycles. The molecule has 1 saturated heterocycles. The number of hydrogen-bond acceptors (Lipinski definition) is 3. The van der Waals surface area contributed by atoms with Crippen molar-refractivity contribution in [1.29, 1.82) is 0 Å². The van der Waals surface area contributed by atoms with E-state index in [1.54, 1.807) is 7.05 Å². The maximum Gasteiger partial charge on any atom is 0.191 e. The third kappa shape index (κ3) is 7.02. The van der Waals surface area contributed by atoms with E-state index in [-0.39, 0.29) is 36.1 Å². The molecule has 1 fully saturated rings. The number of hydrogen-bond donors (Lipinski definition) is 2. The van der Waals surface area contributed by atoms with Crippen molar-refractivity contribution in [2.75, 3.05) is 46.8 Å². The zero-order valence-corrected chi connectivity index (χ0v) is 17.4. The number of benzene rings is 1. The largest absolute Gasteiger partial charge is 0.355 e. The summed E-state index contributed by atoms with van der Waals surface area (Å²) < 4.78 is 26.8. The van der Waals surface area contributed by atoms with Crippen LogP contribution in [0.5, 0.6) is 0 Å². The molecule has 5 nitrogen and oxygen atoms in total. The van der Waals surface area contributed by atoms with Gasteiger partial charge < -0.3 is 15.5 Å². The Balaban J connectivity index is 0.00000312. The summed E-state index contributed by atoms with van der Waals surface area (Å²) in [6.45, 7) is 7.38. The average molecular weight is 467 g/mol. The molecule has 8 heteroatoms. The van der Waals surface area contributed by atoms with Crippen LogP contribution in [0.1, 0.15) is 12.5 Å². The maximum atomic E-state index is 13.6. The Morgan fingerprint density at radius 3 is 2.52 bits per heavy atom. The van der Waals surface area contributed by atoms with Crippen LogP contribution >= 0.6 is 24.0 Å². The van der Waals surface area contributed by atoms with Gasteiger partial charge in [0.25, 0.3) is 0 Å². The van der Waals surface area contributed by atoms with E-state index >= 15 is 0 Å². The van der Waals surface area contributed by atoms with Gasteiger partial charge in [-0.1, -0.05) is 0 Å². The van der Waals surface area contributed by atoms with Gasteiger partial charge in [0.2, 0.25) is 0 Å². The van der Waals surface area contributed by atoms with Gasteiger partial charge in [0.05, 0.1) is 0 Å². The Morgan fingerprint density at radius 1 is 1.20 bits per heavy atom. The van der Waals surface area contributed by atoms with Crippen molar-refractivity contribution in [1.82, 2.24) is 20.4 Å². The first-order valence-corrected chi connectivity index (χ1v) is 8.30. The van der Waals surface area contributed by atoms with Gasteiger partial charge in [0, 0.05) is 57.9 Å². The number of nitrogens with one attached hydrogen (secondary N) is 2. The third-order valence-electron chi connectivity index (χ3n) is 4.40. The van der Waals surface area contributed by atoms with Gasteiger partial charge in [-0.2, -0.15) is 0 Å². The highest BCUT2D eigenvalue weighted by Gasteiger charge is 2.19. The van der Waals surface area contributed by atoms with Gasteiger partial charge >= 0.3 is 0 Å². The minimum atomic E-state index is -0.445. The van der Waals surface area contributed by atoms with E-state index in [0.29, 0.717) is 12.0 Å². The van der Waals surface area contributed by atoms with E-state index in [9.17, 15) is 8.78 Å². The lowest BCUT2D eigenvalue weighted by atomic mass is 10.2. The highest BCUT2D eigenvalue weighted by Crippen LogP contribution is 2.09. The molecular weight excluding hydrogens is 439 g/mol. The molecule has 0 radical (unpaired) electrons. The van der Waals surface area contributed by atoms with Crippen LogP contribution in [0, 0.1) is 11.6 Å². The summed E-state index contributed by atoms with van der Waals surface area (Å²) >= 11 is 0. The van der Waals surface area contributed by atoms with E-state index in [1.807, 2.05) is 0 Å². The molecule has 142 valence electrons. The van der Waals surface area contributed by atoms with E-state index in [4.69, 9.17) is 0 Å². The molecule has 1 unspecified atom stereocenters. The molecule has 25 heavy (non-hydrogen) atoms. The monoisotopic (exact) mass is 467 g/mol. The molecule has 1 aromatic carbocycles. The second-order valence-corrected chi connectivity index (χ2v) is 6.23. The van der Waals surface area contributed by atoms with Crippen LogP contribution in [0.25, 0.3) is 0 Å². The van der Waals surface area contributed by atoms with E-state index < -0.39 is 11.6 Å². The zero-order chi connectivity index (χ0) is 17.5. The number of likely N-dealkylation sites (N-methyl/N-ethyl adjacent to an activating group) is 1. The normalized spacial score (nSPS) is 17.7. The first-order valence-electron chi connectivity index (χ1n) is 8.30. The summed E-state index contributed by atoms with van der Waals surface area (Å²) in [7, 11) is 3.80. The Kier molecular flexibility index (Phi) is 9.58. The molecule has 1 atom stereocenters. The number of nitrogens with zero attached hydrogens (tertiary/aromatic N) is 3. The topological polar surface area (TPSA) is 42.9 Å². The van der Waals surface area contributed by atoms with Crippen LogP contribution in [0.15, 0.2) is 23.2 Å². The SMILES string of the molecule is CN=C(NCc1cc(F)ccc1F)NCC(C)N1CCN(C)CC1.I. The minimum absolute atomic E-state index is 0. The minimum Gasteiger partial charge on any atom is -0.355 e. The van der Waals surface area contributed by atoms with Crippen molar-refractivity contribution in [3.8, 4) is 0 Å². The van der Waals surface area contributed by atoms with E-state index in [0.717, 1.165) is 44.9 Å². The second kappa shape index (κ2) is 10.9. The molecule has 0 aliphatic carbocycles. The highest BCUT2D eigenvalue weighted by atomic mass is 127. The van der Waals surface area contributed by atoms with Gasteiger partial charge in [-0.25, -0.2) is 8.78 Å². The molecular formula is C17H28F2IN5. The third-order valence-corrected chi connectivity index (χ3v) is 4.40. The molecule has 0 spiro atoms. The molecule has 2 N–H and O–H groups in total. The Labute approximate surface area is 165 Å². The maximum absolute atomic E-state index is 13.6. The van der Waals surface area contributed by atoms with Gasteiger partial charge in [0.1, 0.15) is 11.6 Å². The molecule has 0 amide bonds. The van der Waals surface area contributed by atoms with Crippen LogP contribution in [0.4, 0.5) is 8.78 Å². The Bertz CT molecular complexity index is 562. The lowest BCUT2D eigenvalue weighted by molar-refractivity contribution is 0.120. The van der Waals surface area contributed by atoms with Crippen molar-refractivity contribution < 1.29 is 8.78 Å². The summed E-state index contributed by atoms with van der Waals surface area (Å²) in [6.07, 6.45) is 0. The van der Waals surface area contributed by atoms with Crippen LogP contribution < -0.4 is 10.6 Å². The second-order valence-electron chi connectivity index (χ2n) is 6.23. The van der Waals surface area contributed by atoms with Gasteiger partial charge in [0.15, 0.2) is 5.96 Å². The van der Waals surface area contributed by atoms with Crippen molar-refractivity contribution in [3.63, 3.8) is 0 Å². The van der Waals surface area contributed by atoms with Crippen molar-refractivity contribution in [2.45, 2.75) is 19.5 Å². The van der Waals surface area contributed by atoms with Gasteiger partial charge in [-0.15, -0.1) is 24.0 Å². The number of guanidine groups is 1. The summed E-state index contributed by atoms with van der Waals surface area (Å²) in [5, 5.41) is 6.27. The standard InChI is InChI=1S/C17H27F2N5.HI/c1-13(24-8-6-23(3)7-9-24)11-21-17(20-2)22-12-14-10-15(18)4-5-16(14)19;/h4-5,10,13H,6-9,11-12H2,1-3H3,(H2,20,21,22);1H. The molecule has 1 aliphatic rings. The van der Waals surface area contributed by atoms with Crippen molar-refractivity contribution in [3.05, 3.63) is 35.4 Å². The fraction of sp³-hybridized carbons (Fsp3) is 0.588.